The number of carboxylic acid groups (broad SMARTS) is 1. The number of hydrogen-bond acceptors (Lipinski definition) is 2. The number of carboxylic acids is 1. The number of nitrogens with zero attached hydrogens (tertiary/aromatic N) is 1. The third-order valence-electron chi connectivity index (χ3n) is 5.78. The van der Waals surface area contributed by atoms with Crippen molar-refractivity contribution in [2.45, 2.75) is 65.0 Å². The molecular weight excluding hydrogens is 455 g/mol. The van der Waals surface area contributed by atoms with Gasteiger partial charge in [-0.3, -0.25) is 0 Å². The lowest BCUT2D eigenvalue weighted by Crippen LogP contribution is -2.07. The van der Waals surface area contributed by atoms with Gasteiger partial charge < -0.3 is 15.0 Å². The molecule has 2 aromatic carbocycles. The number of anilines is 1. The van der Waals surface area contributed by atoms with E-state index in [0.29, 0.717) is 28.7 Å². The Morgan fingerprint density at radius 3 is 2.39 bits per heavy atom. The van der Waals surface area contributed by atoms with Crippen LogP contribution in [0.25, 0.3) is 0 Å². The first-order valence-corrected chi connectivity index (χ1v) is 12.4. The van der Waals surface area contributed by atoms with Gasteiger partial charge in [-0.1, -0.05) is 74.4 Å². The third kappa shape index (κ3) is 7.83. The molecule has 0 fully saturated rings. The highest BCUT2D eigenvalue weighted by Gasteiger charge is 2.13. The SMILES string of the molecule is CCCCCCCCn1cc(Cc2ccc(NCc3cc(Cl)ccc3Cl)cc2)cc1C(=O)O. The van der Waals surface area contributed by atoms with Crippen molar-refractivity contribution in [1.29, 1.82) is 0 Å². The van der Waals surface area contributed by atoms with E-state index in [-0.39, 0.29) is 0 Å². The Hall–Kier alpha value is -2.43. The predicted molar refractivity (Wildman–Crippen MR) is 138 cm³/mol. The molecule has 0 spiro atoms. The molecule has 0 aliphatic heterocycles. The molecule has 6 heteroatoms. The van der Waals surface area contributed by atoms with E-state index in [1.807, 2.05) is 29.0 Å². The maximum absolute atomic E-state index is 11.7. The molecule has 0 aliphatic rings. The zero-order valence-corrected chi connectivity index (χ0v) is 20.6. The summed E-state index contributed by atoms with van der Waals surface area (Å²) in [5.41, 5.74) is 4.46. The van der Waals surface area contributed by atoms with Crippen LogP contribution >= 0.6 is 23.2 Å². The molecule has 1 aromatic heterocycles. The minimum atomic E-state index is -0.869. The first-order valence-electron chi connectivity index (χ1n) is 11.7. The number of aromatic nitrogens is 1. The highest BCUT2D eigenvalue weighted by molar-refractivity contribution is 6.33. The summed E-state index contributed by atoms with van der Waals surface area (Å²) in [6.07, 6.45) is 9.82. The van der Waals surface area contributed by atoms with Crippen LogP contribution in [0.5, 0.6) is 0 Å². The molecule has 0 saturated carbocycles. The van der Waals surface area contributed by atoms with Crippen LogP contribution < -0.4 is 5.32 Å². The van der Waals surface area contributed by atoms with E-state index in [1.54, 1.807) is 18.2 Å². The van der Waals surface area contributed by atoms with Crippen molar-refractivity contribution in [3.63, 3.8) is 0 Å². The summed E-state index contributed by atoms with van der Waals surface area (Å²) in [6, 6.07) is 15.4. The van der Waals surface area contributed by atoms with Gasteiger partial charge in [0, 0.05) is 35.0 Å². The number of unbranched alkanes of at least 4 members (excludes halogenated alkanes) is 5. The van der Waals surface area contributed by atoms with Gasteiger partial charge in [0.05, 0.1) is 0 Å². The number of aryl methyl sites for hydroxylation is 1. The first-order chi connectivity index (χ1) is 16.0. The molecule has 1 heterocycles. The normalized spacial score (nSPS) is 11.0. The van der Waals surface area contributed by atoms with Crippen LogP contribution in [0.1, 0.15) is 72.6 Å². The minimum Gasteiger partial charge on any atom is -0.477 e. The first kappa shape index (κ1) is 25.2. The highest BCUT2D eigenvalue weighted by atomic mass is 35.5. The second-order valence-corrected chi connectivity index (χ2v) is 9.31. The van der Waals surface area contributed by atoms with E-state index >= 15 is 0 Å². The molecule has 0 saturated heterocycles. The second kappa shape index (κ2) is 12.7. The molecular formula is C27H32Cl2N2O2. The fourth-order valence-electron chi connectivity index (χ4n) is 3.95. The van der Waals surface area contributed by atoms with Crippen LogP contribution in [-0.2, 0) is 19.5 Å². The summed E-state index contributed by atoms with van der Waals surface area (Å²) >= 11 is 12.3. The average Bonchev–Trinajstić information content (AvgIpc) is 3.20. The molecule has 3 aromatic rings. The van der Waals surface area contributed by atoms with Crippen molar-refractivity contribution in [3.05, 3.63) is 87.2 Å². The Morgan fingerprint density at radius 2 is 1.67 bits per heavy atom. The highest BCUT2D eigenvalue weighted by Crippen LogP contribution is 2.22. The Balaban J connectivity index is 1.56. The van der Waals surface area contributed by atoms with Crippen LogP contribution in [0.15, 0.2) is 54.7 Å². The molecule has 0 unspecified atom stereocenters. The Kier molecular flexibility index (Phi) is 9.71. The maximum atomic E-state index is 11.7. The summed E-state index contributed by atoms with van der Waals surface area (Å²) in [5, 5.41) is 14.3. The van der Waals surface area contributed by atoms with E-state index in [2.05, 4.69) is 24.4 Å². The maximum Gasteiger partial charge on any atom is 0.352 e. The van der Waals surface area contributed by atoms with Crippen LogP contribution in [0.3, 0.4) is 0 Å². The van der Waals surface area contributed by atoms with Crippen LogP contribution in [0.2, 0.25) is 10.0 Å². The Labute approximate surface area is 206 Å². The molecule has 0 aliphatic carbocycles. The number of hydrogen-bond donors (Lipinski definition) is 2. The third-order valence-corrected chi connectivity index (χ3v) is 6.38. The number of halogens is 2. The van der Waals surface area contributed by atoms with Gasteiger partial charge in [-0.2, -0.15) is 0 Å². The van der Waals surface area contributed by atoms with Gasteiger partial charge in [0.25, 0.3) is 0 Å². The van der Waals surface area contributed by atoms with E-state index < -0.39 is 5.97 Å². The van der Waals surface area contributed by atoms with Gasteiger partial charge >= 0.3 is 5.97 Å². The van der Waals surface area contributed by atoms with Crippen molar-refractivity contribution in [2.75, 3.05) is 5.32 Å². The summed E-state index contributed by atoms with van der Waals surface area (Å²) in [4.78, 5) is 11.7. The molecule has 0 radical (unpaired) electrons. The van der Waals surface area contributed by atoms with Gasteiger partial charge in [-0.25, -0.2) is 4.79 Å². The lowest BCUT2D eigenvalue weighted by Gasteiger charge is -2.09. The average molecular weight is 487 g/mol. The van der Waals surface area contributed by atoms with Crippen LogP contribution in [-0.4, -0.2) is 15.6 Å². The molecule has 4 nitrogen and oxygen atoms in total. The lowest BCUT2D eigenvalue weighted by molar-refractivity contribution is 0.0685. The van der Waals surface area contributed by atoms with E-state index in [0.717, 1.165) is 41.8 Å². The number of carbonyl (C=O) groups is 1. The fourth-order valence-corrected chi connectivity index (χ4v) is 4.33. The van der Waals surface area contributed by atoms with Crippen LogP contribution in [0.4, 0.5) is 5.69 Å². The van der Waals surface area contributed by atoms with Gasteiger partial charge in [0.1, 0.15) is 5.69 Å². The molecule has 176 valence electrons. The van der Waals surface area contributed by atoms with Gasteiger partial charge in [-0.15, -0.1) is 0 Å². The van der Waals surface area contributed by atoms with Gasteiger partial charge in [-0.05, 0) is 65.9 Å². The number of aromatic carboxylic acids is 1. The van der Waals surface area contributed by atoms with E-state index in [9.17, 15) is 9.90 Å². The summed E-state index contributed by atoms with van der Waals surface area (Å²) in [6.45, 7) is 3.55. The van der Waals surface area contributed by atoms with E-state index in [1.165, 1.54) is 25.7 Å². The van der Waals surface area contributed by atoms with Crippen molar-refractivity contribution in [3.8, 4) is 0 Å². The largest absolute Gasteiger partial charge is 0.477 e. The van der Waals surface area contributed by atoms with E-state index in [4.69, 9.17) is 23.2 Å². The summed E-state index contributed by atoms with van der Waals surface area (Å²) in [5.74, 6) is -0.869. The van der Waals surface area contributed by atoms with Crippen molar-refractivity contribution in [1.82, 2.24) is 4.57 Å². The van der Waals surface area contributed by atoms with Crippen molar-refractivity contribution < 1.29 is 9.90 Å². The topological polar surface area (TPSA) is 54.3 Å². The molecule has 0 atom stereocenters. The standard InChI is InChI=1S/C27H32Cl2N2O2/c1-2-3-4-5-6-7-14-31-19-21(16-26(31)27(32)33)15-20-8-11-24(12-9-20)30-18-22-17-23(28)10-13-25(22)29/h8-13,16-17,19,30H,2-7,14-15,18H2,1H3,(H,32,33). The Bertz CT molecular complexity index is 1040. The predicted octanol–water partition coefficient (Wildman–Crippen LogP) is 8.06. The monoisotopic (exact) mass is 486 g/mol. The second-order valence-electron chi connectivity index (χ2n) is 8.46. The minimum absolute atomic E-state index is 0.371. The molecule has 33 heavy (non-hydrogen) atoms. The Morgan fingerprint density at radius 1 is 0.939 bits per heavy atom. The zero-order chi connectivity index (χ0) is 23.6. The number of nitrogens with one attached hydrogen (secondary N) is 1. The van der Waals surface area contributed by atoms with Gasteiger partial charge in [0.2, 0.25) is 0 Å². The molecule has 3 rings (SSSR count). The van der Waals surface area contributed by atoms with Crippen LogP contribution in [0, 0.1) is 0 Å². The lowest BCUT2D eigenvalue weighted by atomic mass is 10.1. The van der Waals surface area contributed by atoms with Gasteiger partial charge in [0.15, 0.2) is 0 Å². The molecule has 0 amide bonds. The van der Waals surface area contributed by atoms with Crippen molar-refractivity contribution in [2.24, 2.45) is 0 Å². The van der Waals surface area contributed by atoms with Crippen molar-refractivity contribution >= 4 is 34.9 Å². The summed E-state index contributed by atoms with van der Waals surface area (Å²) in [7, 11) is 0. The quantitative estimate of drug-likeness (QED) is 0.240. The fraction of sp³-hybridized carbons (Fsp3) is 0.370. The molecule has 2 N–H and O–H groups in total. The zero-order valence-electron chi connectivity index (χ0n) is 19.1. The number of rotatable bonds is 13. The molecule has 0 bridgehead atoms. The summed E-state index contributed by atoms with van der Waals surface area (Å²) < 4.78 is 1.89. The smallest absolute Gasteiger partial charge is 0.352 e. The number of benzene rings is 2.